The normalized spacial score (nSPS) is 9.71. The number of hydrogen-bond donors (Lipinski definition) is 2. The molecule has 0 heterocycles. The van der Waals surface area contributed by atoms with E-state index >= 15 is 0 Å². The maximum atomic E-state index is 9.92. The van der Waals surface area contributed by atoms with Crippen molar-refractivity contribution in [3.8, 4) is 5.75 Å². The highest BCUT2D eigenvalue weighted by Crippen LogP contribution is 2.06. The zero-order valence-electron chi connectivity index (χ0n) is 17.0. The van der Waals surface area contributed by atoms with Crippen LogP contribution in [0.4, 0.5) is 11.4 Å². The van der Waals surface area contributed by atoms with Gasteiger partial charge >= 0.3 is 0 Å². The summed E-state index contributed by atoms with van der Waals surface area (Å²) in [6.07, 6.45) is 0. The number of rotatable bonds is 4. The highest BCUT2D eigenvalue weighted by Gasteiger charge is 1.94. The van der Waals surface area contributed by atoms with Gasteiger partial charge in [0.05, 0.1) is 33.9 Å². The van der Waals surface area contributed by atoms with E-state index in [9.17, 15) is 10.0 Å². The molecule has 5 nitrogen and oxygen atoms in total. The van der Waals surface area contributed by atoms with Gasteiger partial charge in [-0.15, -0.1) is 0 Å². The molecule has 0 saturated heterocycles. The molecule has 28 heavy (non-hydrogen) atoms. The Morgan fingerprint density at radius 1 is 0.571 bits per heavy atom. The Balaban J connectivity index is 0.000000210. The number of quaternary nitrogens is 2. The second kappa shape index (κ2) is 13.5. The van der Waals surface area contributed by atoms with Crippen LogP contribution in [0.3, 0.4) is 0 Å². The van der Waals surface area contributed by atoms with Gasteiger partial charge < -0.3 is 24.5 Å². The van der Waals surface area contributed by atoms with Gasteiger partial charge in [0.2, 0.25) is 0 Å². The van der Waals surface area contributed by atoms with Crippen LogP contribution < -0.4 is 24.5 Å². The highest BCUT2D eigenvalue weighted by molar-refractivity contribution is 6.29. The summed E-state index contributed by atoms with van der Waals surface area (Å²) in [6, 6.07) is 29.1. The van der Waals surface area contributed by atoms with E-state index in [1.165, 1.54) is 21.2 Å². The summed E-state index contributed by atoms with van der Waals surface area (Å²) >= 11 is 0. The molecule has 0 radical (unpaired) electrons. The van der Waals surface area contributed by atoms with Crippen LogP contribution in [0.2, 0.25) is 0 Å². The first-order valence-corrected chi connectivity index (χ1v) is 9.14. The van der Waals surface area contributed by atoms with Gasteiger partial charge in [0.1, 0.15) is 18.7 Å². The zero-order chi connectivity index (χ0) is 20.8. The molecular weight excluding hydrogens is 351 g/mol. The average Bonchev–Trinajstić information content (AvgIpc) is 2.70. The van der Waals surface area contributed by atoms with Crippen LogP contribution in [0.5, 0.6) is 5.75 Å². The first-order valence-electron chi connectivity index (χ1n) is 9.14. The lowest BCUT2D eigenvalue weighted by Gasteiger charge is -2.26. The number of nitrogens with one attached hydrogen (secondary N) is 2. The fourth-order valence-corrected chi connectivity index (χ4v) is 2.15. The van der Waals surface area contributed by atoms with Crippen molar-refractivity contribution >= 4 is 18.7 Å². The third-order valence-electron chi connectivity index (χ3n) is 3.68. The molecule has 0 amide bonds. The van der Waals surface area contributed by atoms with E-state index in [0.29, 0.717) is 5.75 Å². The Morgan fingerprint density at radius 3 is 1.14 bits per heavy atom. The van der Waals surface area contributed by atoms with Crippen LogP contribution in [0.1, 0.15) is 0 Å². The molecule has 148 valence electrons. The second-order valence-electron chi connectivity index (χ2n) is 6.45. The zero-order valence-corrected chi connectivity index (χ0v) is 17.0. The standard InChI is InChI=1S/2C8H11N.C6H5BO3/c2*1-9(2)8-6-4-3-5-7-8;8-7(9)10-6-4-2-1-3-5-6/h2*3-7H,1-2H3;1-5H/q;;-2/p+2. The summed E-state index contributed by atoms with van der Waals surface area (Å²) in [5.74, 6) is 0.317. The highest BCUT2D eigenvalue weighted by atomic mass is 16.6. The summed E-state index contributed by atoms with van der Waals surface area (Å²) in [5, 5.41) is 19.8. The Bertz CT molecular complexity index is 696. The molecule has 0 aliphatic carbocycles. The van der Waals surface area contributed by atoms with Crippen molar-refractivity contribution < 1.29 is 24.5 Å². The van der Waals surface area contributed by atoms with Gasteiger partial charge in [0, 0.05) is 0 Å². The van der Waals surface area contributed by atoms with E-state index in [0.717, 1.165) is 0 Å². The summed E-state index contributed by atoms with van der Waals surface area (Å²) in [6.45, 7) is 0. The van der Waals surface area contributed by atoms with E-state index in [-0.39, 0.29) is 0 Å². The minimum Gasteiger partial charge on any atom is -0.860 e. The number of hydrogen-bond acceptors (Lipinski definition) is 3. The van der Waals surface area contributed by atoms with Gasteiger partial charge in [-0.3, -0.25) is 0 Å². The molecular formula is C22H29BN2O3. The topological polar surface area (TPSA) is 64.2 Å². The average molecular weight is 380 g/mol. The maximum absolute atomic E-state index is 9.92. The molecule has 0 aliphatic heterocycles. The predicted molar refractivity (Wildman–Crippen MR) is 111 cm³/mol. The number of benzene rings is 3. The first-order chi connectivity index (χ1) is 13.4. The quantitative estimate of drug-likeness (QED) is 0.611. The van der Waals surface area contributed by atoms with Gasteiger partial charge in [-0.2, -0.15) is 0 Å². The van der Waals surface area contributed by atoms with E-state index < -0.39 is 7.32 Å². The molecule has 6 heteroatoms. The van der Waals surface area contributed by atoms with Crippen molar-refractivity contribution in [2.24, 2.45) is 0 Å². The van der Waals surface area contributed by atoms with E-state index in [4.69, 9.17) is 0 Å². The Morgan fingerprint density at radius 2 is 0.893 bits per heavy atom. The lowest BCUT2D eigenvalue weighted by Crippen LogP contribution is -3.00. The molecule has 3 rings (SSSR count). The van der Waals surface area contributed by atoms with Gasteiger partial charge in [-0.05, 0) is 36.4 Å². The molecule has 0 fully saturated rings. The summed E-state index contributed by atoms with van der Waals surface area (Å²) < 4.78 is 4.30. The maximum Gasteiger partial charge on any atom is 0.133 e. The largest absolute Gasteiger partial charge is 0.860 e. The first kappa shape index (κ1) is 23.4. The van der Waals surface area contributed by atoms with Crippen molar-refractivity contribution in [2.45, 2.75) is 0 Å². The molecule has 3 aromatic carbocycles. The molecule has 0 aliphatic rings. The fourth-order valence-electron chi connectivity index (χ4n) is 2.15. The van der Waals surface area contributed by atoms with E-state index in [1.54, 1.807) is 30.3 Å². The summed E-state index contributed by atoms with van der Waals surface area (Å²) in [5.41, 5.74) is 2.66. The number of para-hydroxylation sites is 3. The smallest absolute Gasteiger partial charge is 0.133 e. The van der Waals surface area contributed by atoms with Crippen LogP contribution >= 0.6 is 0 Å². The van der Waals surface area contributed by atoms with Crippen molar-refractivity contribution in [1.29, 1.82) is 0 Å². The SMILES string of the molecule is C[NH+](C)c1ccccc1.C[NH+](C)c1ccccc1.[O-]B([O-])Oc1ccccc1. The van der Waals surface area contributed by atoms with Gasteiger partial charge in [-0.25, -0.2) is 0 Å². The van der Waals surface area contributed by atoms with Crippen molar-refractivity contribution in [1.82, 2.24) is 0 Å². The minimum atomic E-state index is -2.23. The van der Waals surface area contributed by atoms with Crippen LogP contribution in [0.15, 0.2) is 91.0 Å². The van der Waals surface area contributed by atoms with Crippen molar-refractivity contribution in [2.75, 3.05) is 28.2 Å². The second-order valence-corrected chi connectivity index (χ2v) is 6.45. The molecule has 2 N–H and O–H groups in total. The lowest BCUT2D eigenvalue weighted by molar-refractivity contribution is -0.786. The van der Waals surface area contributed by atoms with Crippen LogP contribution in [-0.4, -0.2) is 35.5 Å². The monoisotopic (exact) mass is 380 g/mol. The Labute approximate surface area is 168 Å². The molecule has 0 saturated carbocycles. The summed E-state index contributed by atoms with van der Waals surface area (Å²) in [7, 11) is 6.25. The minimum absolute atomic E-state index is 0.317. The van der Waals surface area contributed by atoms with Crippen LogP contribution in [-0.2, 0) is 0 Å². The van der Waals surface area contributed by atoms with Crippen molar-refractivity contribution in [3.63, 3.8) is 0 Å². The molecule has 3 aromatic rings. The predicted octanol–water partition coefficient (Wildman–Crippen LogP) is -0.304. The van der Waals surface area contributed by atoms with Crippen molar-refractivity contribution in [3.05, 3.63) is 91.0 Å². The molecule has 0 unspecified atom stereocenters. The third-order valence-corrected chi connectivity index (χ3v) is 3.68. The van der Waals surface area contributed by atoms with Gasteiger partial charge in [0.15, 0.2) is 0 Å². The van der Waals surface area contributed by atoms with E-state index in [1.807, 2.05) is 12.1 Å². The fraction of sp³-hybridized carbons (Fsp3) is 0.182. The molecule has 0 spiro atoms. The van der Waals surface area contributed by atoms with Crippen LogP contribution in [0.25, 0.3) is 0 Å². The summed E-state index contributed by atoms with van der Waals surface area (Å²) in [4.78, 5) is 2.74. The third kappa shape index (κ3) is 10.5. The van der Waals surface area contributed by atoms with E-state index in [2.05, 4.69) is 81.4 Å². The lowest BCUT2D eigenvalue weighted by atomic mass is 10.2. The molecule has 0 aromatic heterocycles. The molecule has 0 bridgehead atoms. The van der Waals surface area contributed by atoms with Gasteiger partial charge in [0.25, 0.3) is 0 Å². The Kier molecular flexibility index (Phi) is 11.3. The van der Waals surface area contributed by atoms with Gasteiger partial charge in [-0.1, -0.05) is 54.6 Å². The Hall–Kier alpha value is -2.64. The molecule has 0 atom stereocenters. The van der Waals surface area contributed by atoms with Crippen LogP contribution in [0, 0.1) is 0 Å².